The van der Waals surface area contributed by atoms with Crippen LogP contribution in [0.5, 0.6) is 0 Å². The first-order valence-electron chi connectivity index (χ1n) is 4.38. The van der Waals surface area contributed by atoms with Crippen molar-refractivity contribution in [2.24, 2.45) is 0 Å². The molecule has 4 heteroatoms. The third-order valence-corrected chi connectivity index (χ3v) is 3.37. The normalized spacial score (nSPS) is 17.6. The van der Waals surface area contributed by atoms with Crippen molar-refractivity contribution in [3.8, 4) is 0 Å². The van der Waals surface area contributed by atoms with Crippen LogP contribution in [0.15, 0.2) is 16.6 Å². The molecular weight excluding hydrogens is 267 g/mol. The Morgan fingerprint density at radius 2 is 2.00 bits per heavy atom. The second-order valence-electron chi connectivity index (χ2n) is 3.17. The highest BCUT2D eigenvalue weighted by atomic mass is 79.9. The standard InChI is InChI=1S/C10H10BrClO2/c1-6-2-3-7(11)8(9(6)12)10-13-4-5-14-10/h2-3,10H,4-5H2,1H3. The van der Waals surface area contributed by atoms with Gasteiger partial charge in [0.1, 0.15) is 0 Å². The lowest BCUT2D eigenvalue weighted by Gasteiger charge is -2.14. The molecule has 1 fully saturated rings. The highest BCUT2D eigenvalue weighted by Gasteiger charge is 2.24. The Morgan fingerprint density at radius 1 is 1.36 bits per heavy atom. The van der Waals surface area contributed by atoms with E-state index in [1.807, 2.05) is 19.1 Å². The first-order chi connectivity index (χ1) is 6.70. The summed E-state index contributed by atoms with van der Waals surface area (Å²) < 4.78 is 11.8. The molecule has 0 bridgehead atoms. The van der Waals surface area contributed by atoms with Gasteiger partial charge in [-0.25, -0.2) is 0 Å². The molecule has 76 valence electrons. The molecule has 0 aromatic heterocycles. The van der Waals surface area contributed by atoms with Crippen LogP contribution in [0.1, 0.15) is 17.4 Å². The van der Waals surface area contributed by atoms with Crippen LogP contribution in [-0.2, 0) is 9.47 Å². The van der Waals surface area contributed by atoms with Crippen molar-refractivity contribution >= 4 is 27.5 Å². The molecule has 0 N–H and O–H groups in total. The van der Waals surface area contributed by atoms with Gasteiger partial charge < -0.3 is 9.47 Å². The molecule has 1 saturated heterocycles. The molecule has 1 aromatic carbocycles. The number of hydrogen-bond acceptors (Lipinski definition) is 2. The molecule has 0 unspecified atom stereocenters. The third kappa shape index (κ3) is 1.82. The molecule has 0 saturated carbocycles. The molecule has 14 heavy (non-hydrogen) atoms. The van der Waals surface area contributed by atoms with Crippen LogP contribution in [0.2, 0.25) is 5.02 Å². The Morgan fingerprint density at radius 3 is 2.64 bits per heavy atom. The van der Waals surface area contributed by atoms with E-state index < -0.39 is 0 Å². The minimum atomic E-state index is -0.322. The summed E-state index contributed by atoms with van der Waals surface area (Å²) in [5.41, 5.74) is 1.92. The lowest BCUT2D eigenvalue weighted by Crippen LogP contribution is -2.01. The van der Waals surface area contributed by atoms with Crippen molar-refractivity contribution in [3.05, 3.63) is 32.8 Å². The second-order valence-corrected chi connectivity index (χ2v) is 4.40. The van der Waals surface area contributed by atoms with Crippen LogP contribution >= 0.6 is 27.5 Å². The molecule has 2 nitrogen and oxygen atoms in total. The van der Waals surface area contributed by atoms with E-state index in [1.54, 1.807) is 0 Å². The zero-order chi connectivity index (χ0) is 10.1. The lowest BCUT2D eigenvalue weighted by molar-refractivity contribution is -0.0445. The zero-order valence-corrected chi connectivity index (χ0v) is 10.1. The summed E-state index contributed by atoms with van der Waals surface area (Å²) in [6.07, 6.45) is -0.322. The average Bonchev–Trinajstić information content (AvgIpc) is 2.65. The zero-order valence-electron chi connectivity index (χ0n) is 7.72. The van der Waals surface area contributed by atoms with Crippen LogP contribution < -0.4 is 0 Å². The van der Waals surface area contributed by atoms with Crippen LogP contribution in [-0.4, -0.2) is 13.2 Å². The van der Waals surface area contributed by atoms with Gasteiger partial charge in [-0.2, -0.15) is 0 Å². The largest absolute Gasteiger partial charge is 0.346 e. The summed E-state index contributed by atoms with van der Waals surface area (Å²) in [5, 5.41) is 0.714. The smallest absolute Gasteiger partial charge is 0.186 e. The van der Waals surface area contributed by atoms with Crippen LogP contribution in [0.4, 0.5) is 0 Å². The van der Waals surface area contributed by atoms with Gasteiger partial charge in [-0.1, -0.05) is 33.6 Å². The maximum Gasteiger partial charge on any atom is 0.186 e. The van der Waals surface area contributed by atoms with Crippen molar-refractivity contribution in [1.82, 2.24) is 0 Å². The van der Waals surface area contributed by atoms with E-state index in [9.17, 15) is 0 Å². The van der Waals surface area contributed by atoms with Crippen molar-refractivity contribution < 1.29 is 9.47 Å². The molecule has 2 rings (SSSR count). The predicted octanol–water partition coefficient (Wildman–Crippen LogP) is 3.46. The fourth-order valence-electron chi connectivity index (χ4n) is 1.42. The highest BCUT2D eigenvalue weighted by Crippen LogP contribution is 2.36. The van der Waals surface area contributed by atoms with E-state index in [0.717, 1.165) is 15.6 Å². The van der Waals surface area contributed by atoms with Gasteiger partial charge >= 0.3 is 0 Å². The van der Waals surface area contributed by atoms with Gasteiger partial charge in [0.25, 0.3) is 0 Å². The van der Waals surface area contributed by atoms with Crippen molar-refractivity contribution in [3.63, 3.8) is 0 Å². The van der Waals surface area contributed by atoms with Crippen molar-refractivity contribution in [1.29, 1.82) is 0 Å². The molecule has 0 amide bonds. The van der Waals surface area contributed by atoms with Crippen molar-refractivity contribution in [2.75, 3.05) is 13.2 Å². The monoisotopic (exact) mass is 276 g/mol. The fourth-order valence-corrected chi connectivity index (χ4v) is 2.30. The predicted molar refractivity (Wildman–Crippen MR) is 58.5 cm³/mol. The van der Waals surface area contributed by atoms with Gasteiger partial charge in [-0.3, -0.25) is 0 Å². The number of ether oxygens (including phenoxy) is 2. The van der Waals surface area contributed by atoms with Gasteiger partial charge in [-0.15, -0.1) is 0 Å². The van der Waals surface area contributed by atoms with Gasteiger partial charge in [0.05, 0.1) is 18.2 Å². The topological polar surface area (TPSA) is 18.5 Å². The molecule has 0 radical (unpaired) electrons. The minimum absolute atomic E-state index is 0.322. The van der Waals surface area contributed by atoms with Crippen LogP contribution in [0.25, 0.3) is 0 Å². The Labute approximate surface area is 96.3 Å². The second kappa shape index (κ2) is 4.19. The summed E-state index contributed by atoms with van der Waals surface area (Å²) in [4.78, 5) is 0. The number of aryl methyl sites for hydroxylation is 1. The molecule has 1 heterocycles. The lowest BCUT2D eigenvalue weighted by atomic mass is 10.1. The summed E-state index contributed by atoms with van der Waals surface area (Å²) in [5.74, 6) is 0. The first kappa shape index (κ1) is 10.4. The molecular formula is C10H10BrClO2. The van der Waals surface area contributed by atoms with Crippen LogP contribution in [0.3, 0.4) is 0 Å². The van der Waals surface area contributed by atoms with E-state index in [4.69, 9.17) is 21.1 Å². The molecule has 0 aliphatic carbocycles. The van der Waals surface area contributed by atoms with E-state index >= 15 is 0 Å². The van der Waals surface area contributed by atoms with E-state index in [2.05, 4.69) is 15.9 Å². The van der Waals surface area contributed by atoms with Gasteiger partial charge in [0.15, 0.2) is 6.29 Å². The molecule has 1 aliphatic rings. The van der Waals surface area contributed by atoms with E-state index in [1.165, 1.54) is 0 Å². The van der Waals surface area contributed by atoms with Crippen molar-refractivity contribution in [2.45, 2.75) is 13.2 Å². The van der Waals surface area contributed by atoms with E-state index in [0.29, 0.717) is 18.2 Å². The maximum absolute atomic E-state index is 6.19. The van der Waals surface area contributed by atoms with Crippen LogP contribution in [0, 0.1) is 6.92 Å². The minimum Gasteiger partial charge on any atom is -0.346 e. The Kier molecular flexibility index (Phi) is 3.12. The van der Waals surface area contributed by atoms with Gasteiger partial charge in [0, 0.05) is 10.0 Å². The molecule has 0 atom stereocenters. The quantitative estimate of drug-likeness (QED) is 0.783. The Balaban J connectivity index is 2.44. The molecule has 0 spiro atoms. The maximum atomic E-state index is 6.19. The Hall–Kier alpha value is -0.0900. The summed E-state index contributed by atoms with van der Waals surface area (Å²) in [6, 6.07) is 3.92. The number of benzene rings is 1. The third-order valence-electron chi connectivity index (χ3n) is 2.18. The summed E-state index contributed by atoms with van der Waals surface area (Å²) in [6.45, 7) is 3.22. The number of rotatable bonds is 1. The summed E-state index contributed by atoms with van der Waals surface area (Å²) >= 11 is 9.64. The highest BCUT2D eigenvalue weighted by molar-refractivity contribution is 9.10. The average molecular weight is 278 g/mol. The fraction of sp³-hybridized carbons (Fsp3) is 0.400. The molecule has 1 aliphatic heterocycles. The number of halogens is 2. The van der Waals surface area contributed by atoms with E-state index in [-0.39, 0.29) is 6.29 Å². The first-order valence-corrected chi connectivity index (χ1v) is 5.55. The SMILES string of the molecule is Cc1ccc(Br)c(C2OCCO2)c1Cl. The Bertz CT molecular complexity index is 348. The number of hydrogen-bond donors (Lipinski definition) is 0. The summed E-state index contributed by atoms with van der Waals surface area (Å²) in [7, 11) is 0. The van der Waals surface area contributed by atoms with Gasteiger partial charge in [-0.05, 0) is 18.6 Å². The van der Waals surface area contributed by atoms with Gasteiger partial charge in [0.2, 0.25) is 0 Å². The molecule has 1 aromatic rings.